The van der Waals surface area contributed by atoms with Crippen molar-refractivity contribution >= 4 is 21.5 Å². The first-order valence-electron chi connectivity index (χ1n) is 17.2. The molecule has 0 saturated heterocycles. The van der Waals surface area contributed by atoms with Gasteiger partial charge in [-0.1, -0.05) is 152 Å². The summed E-state index contributed by atoms with van der Waals surface area (Å²) in [5.74, 6) is 1.91. The van der Waals surface area contributed by atoms with E-state index in [-0.39, 0.29) is 0 Å². The molecule has 0 aliphatic heterocycles. The highest BCUT2D eigenvalue weighted by molar-refractivity contribution is 5.98. The van der Waals surface area contributed by atoms with Gasteiger partial charge in [-0.05, 0) is 85.3 Å². The maximum Gasteiger partial charge on any atom is 0.164 e. The van der Waals surface area contributed by atoms with E-state index in [2.05, 4.69) is 115 Å². The Bertz CT molecular complexity index is 2720. The molecule has 0 spiro atoms. The minimum Gasteiger partial charge on any atom is -0.208 e. The van der Waals surface area contributed by atoms with Crippen LogP contribution in [0.5, 0.6) is 0 Å². The summed E-state index contributed by atoms with van der Waals surface area (Å²) in [6.45, 7) is 0. The Morgan fingerprint density at radius 1 is 0.327 bits per heavy atom. The first-order valence-corrected chi connectivity index (χ1v) is 17.2. The van der Waals surface area contributed by atoms with Crippen LogP contribution in [0, 0.1) is 11.3 Å². The summed E-state index contributed by atoms with van der Waals surface area (Å²) in [7, 11) is 0. The van der Waals surface area contributed by atoms with Crippen LogP contribution in [-0.4, -0.2) is 15.0 Å². The molecule has 0 aliphatic rings. The maximum absolute atomic E-state index is 9.99. The van der Waals surface area contributed by atoms with Gasteiger partial charge in [-0.2, -0.15) is 5.26 Å². The zero-order valence-electron chi connectivity index (χ0n) is 28.1. The van der Waals surface area contributed by atoms with Crippen LogP contribution < -0.4 is 0 Å². The Hall–Kier alpha value is -7.22. The van der Waals surface area contributed by atoms with Gasteiger partial charge >= 0.3 is 0 Å². The molecular weight excluding hydrogens is 633 g/mol. The standard InChI is InChI=1S/C48H30N4/c49-31-32-26-41(30-43(27-32)45-17-9-15-35-10-7-8-16-44(35)45)40-25-21-34-20-24-39(28-42(34)29-40)33-18-22-38(23-19-33)48-51-46(36-11-3-1-4-12-36)50-47(52-48)37-13-5-2-6-14-37/h1-30H. The highest BCUT2D eigenvalue weighted by atomic mass is 15.0. The lowest BCUT2D eigenvalue weighted by atomic mass is 9.92. The number of nitrogens with zero attached hydrogens (tertiary/aromatic N) is 4. The fourth-order valence-corrected chi connectivity index (χ4v) is 6.85. The SMILES string of the molecule is N#Cc1cc(-c2ccc3ccc(-c4ccc(-c5nc(-c6ccccc6)nc(-c6ccccc6)n5)cc4)cc3c2)cc(-c2cccc3ccccc23)c1. The summed E-state index contributed by atoms with van der Waals surface area (Å²) < 4.78 is 0. The van der Waals surface area contributed by atoms with Crippen LogP contribution in [0.2, 0.25) is 0 Å². The van der Waals surface area contributed by atoms with Crippen LogP contribution in [0.25, 0.3) is 89.1 Å². The second-order valence-corrected chi connectivity index (χ2v) is 12.8. The molecule has 0 saturated carbocycles. The largest absolute Gasteiger partial charge is 0.208 e. The Balaban J connectivity index is 1.07. The minimum absolute atomic E-state index is 0.630. The molecule has 0 amide bonds. The number of rotatable bonds is 6. The molecular formula is C48H30N4. The zero-order valence-corrected chi connectivity index (χ0v) is 28.1. The lowest BCUT2D eigenvalue weighted by Gasteiger charge is -2.12. The van der Waals surface area contributed by atoms with E-state index in [4.69, 9.17) is 15.0 Å². The van der Waals surface area contributed by atoms with Crippen LogP contribution in [0.1, 0.15) is 5.56 Å². The van der Waals surface area contributed by atoms with Crippen LogP contribution in [0.3, 0.4) is 0 Å². The van der Waals surface area contributed by atoms with Crippen LogP contribution in [0.4, 0.5) is 0 Å². The monoisotopic (exact) mass is 662 g/mol. The van der Waals surface area contributed by atoms with Crippen molar-refractivity contribution in [2.24, 2.45) is 0 Å². The van der Waals surface area contributed by atoms with E-state index >= 15 is 0 Å². The van der Waals surface area contributed by atoms with Crippen LogP contribution in [-0.2, 0) is 0 Å². The van der Waals surface area contributed by atoms with Gasteiger partial charge in [0.25, 0.3) is 0 Å². The molecule has 9 aromatic rings. The van der Waals surface area contributed by atoms with Crippen molar-refractivity contribution in [2.45, 2.75) is 0 Å². The van der Waals surface area contributed by atoms with E-state index in [1.165, 1.54) is 10.8 Å². The Morgan fingerprint density at radius 3 is 1.46 bits per heavy atom. The summed E-state index contributed by atoms with van der Waals surface area (Å²) >= 11 is 0. The van der Waals surface area contributed by atoms with E-state index in [0.717, 1.165) is 60.8 Å². The molecule has 8 aromatic carbocycles. The average Bonchev–Trinajstić information content (AvgIpc) is 3.23. The number of benzene rings is 8. The van der Waals surface area contributed by atoms with Gasteiger partial charge in [-0.15, -0.1) is 0 Å². The van der Waals surface area contributed by atoms with Crippen molar-refractivity contribution in [1.29, 1.82) is 5.26 Å². The summed E-state index contributed by atoms with van der Waals surface area (Å²) in [5, 5.41) is 14.6. The van der Waals surface area contributed by atoms with Gasteiger partial charge in [0.05, 0.1) is 11.6 Å². The van der Waals surface area contributed by atoms with Gasteiger partial charge in [-0.3, -0.25) is 0 Å². The van der Waals surface area contributed by atoms with Gasteiger partial charge in [0.1, 0.15) is 0 Å². The summed E-state index contributed by atoms with van der Waals surface area (Å²) in [6, 6.07) is 64.8. The second-order valence-electron chi connectivity index (χ2n) is 12.8. The third kappa shape index (κ3) is 5.98. The average molecular weight is 663 g/mol. The van der Waals surface area contributed by atoms with Crippen LogP contribution in [0.15, 0.2) is 182 Å². The minimum atomic E-state index is 0.630. The fourth-order valence-electron chi connectivity index (χ4n) is 6.85. The molecule has 0 atom stereocenters. The molecule has 0 N–H and O–H groups in total. The molecule has 52 heavy (non-hydrogen) atoms. The molecule has 0 unspecified atom stereocenters. The molecule has 1 aromatic heterocycles. The normalized spacial score (nSPS) is 11.1. The van der Waals surface area contributed by atoms with Gasteiger partial charge in [0.2, 0.25) is 0 Å². The lowest BCUT2D eigenvalue weighted by Crippen LogP contribution is -2.00. The van der Waals surface area contributed by atoms with Gasteiger partial charge < -0.3 is 0 Å². The van der Waals surface area contributed by atoms with E-state index < -0.39 is 0 Å². The Labute approximate surface area is 302 Å². The van der Waals surface area contributed by atoms with Crippen molar-refractivity contribution < 1.29 is 0 Å². The van der Waals surface area contributed by atoms with E-state index in [0.29, 0.717) is 23.0 Å². The molecule has 0 bridgehead atoms. The molecule has 0 aliphatic carbocycles. The van der Waals surface area contributed by atoms with Gasteiger partial charge in [-0.25, -0.2) is 15.0 Å². The highest BCUT2D eigenvalue weighted by Gasteiger charge is 2.13. The van der Waals surface area contributed by atoms with Gasteiger partial charge in [0, 0.05) is 16.7 Å². The number of aromatic nitrogens is 3. The first kappa shape index (κ1) is 30.8. The summed E-state index contributed by atoms with van der Waals surface area (Å²) in [5.41, 5.74) is 9.89. The lowest BCUT2D eigenvalue weighted by molar-refractivity contribution is 1.07. The highest BCUT2D eigenvalue weighted by Crippen LogP contribution is 2.35. The molecule has 4 nitrogen and oxygen atoms in total. The summed E-state index contributed by atoms with van der Waals surface area (Å²) in [6.07, 6.45) is 0. The summed E-state index contributed by atoms with van der Waals surface area (Å²) in [4.78, 5) is 14.6. The number of fused-ring (bicyclic) bond motifs is 2. The quantitative estimate of drug-likeness (QED) is 0.178. The third-order valence-corrected chi connectivity index (χ3v) is 9.51. The fraction of sp³-hybridized carbons (Fsp3) is 0. The van der Waals surface area contributed by atoms with Crippen molar-refractivity contribution in [3.63, 3.8) is 0 Å². The second kappa shape index (κ2) is 13.2. The van der Waals surface area contributed by atoms with Crippen molar-refractivity contribution in [2.75, 3.05) is 0 Å². The Kier molecular flexibility index (Phi) is 7.85. The molecule has 4 heteroatoms. The van der Waals surface area contributed by atoms with E-state index in [9.17, 15) is 5.26 Å². The zero-order chi connectivity index (χ0) is 34.9. The molecule has 242 valence electrons. The third-order valence-electron chi connectivity index (χ3n) is 9.51. The predicted molar refractivity (Wildman–Crippen MR) is 212 cm³/mol. The number of hydrogen-bond donors (Lipinski definition) is 0. The van der Waals surface area contributed by atoms with Gasteiger partial charge in [0.15, 0.2) is 17.5 Å². The number of nitriles is 1. The molecule has 0 fully saturated rings. The maximum atomic E-state index is 9.99. The van der Waals surface area contributed by atoms with E-state index in [1.54, 1.807) is 0 Å². The van der Waals surface area contributed by atoms with E-state index in [1.807, 2.05) is 72.8 Å². The first-order chi connectivity index (χ1) is 25.7. The topological polar surface area (TPSA) is 62.5 Å². The predicted octanol–water partition coefficient (Wildman–Crippen LogP) is 12.1. The van der Waals surface area contributed by atoms with Crippen molar-refractivity contribution in [1.82, 2.24) is 15.0 Å². The van der Waals surface area contributed by atoms with Crippen LogP contribution >= 0.6 is 0 Å². The molecule has 1 heterocycles. The Morgan fingerprint density at radius 2 is 0.827 bits per heavy atom. The molecule has 0 radical (unpaired) electrons. The smallest absolute Gasteiger partial charge is 0.164 e. The molecule has 9 rings (SSSR count). The number of hydrogen-bond acceptors (Lipinski definition) is 4. The van der Waals surface area contributed by atoms with Crippen molar-refractivity contribution in [3.05, 3.63) is 188 Å². The van der Waals surface area contributed by atoms with Crippen molar-refractivity contribution in [3.8, 4) is 73.6 Å².